The summed E-state index contributed by atoms with van der Waals surface area (Å²) >= 11 is 0. The molecule has 1 fully saturated rings. The molecule has 0 saturated carbocycles. The number of rotatable bonds is 18. The molecule has 1 saturated heterocycles. The maximum atomic E-state index is 13.8. The van der Waals surface area contributed by atoms with Gasteiger partial charge in [0.15, 0.2) is 0 Å². The van der Waals surface area contributed by atoms with Crippen LogP contribution in [-0.2, 0) is 23.8 Å². The van der Waals surface area contributed by atoms with Crippen molar-refractivity contribution < 1.29 is 43.5 Å². The van der Waals surface area contributed by atoms with Crippen molar-refractivity contribution in [3.8, 4) is 34.0 Å². The predicted molar refractivity (Wildman–Crippen MR) is 233 cm³/mol. The third-order valence-corrected chi connectivity index (χ3v) is 10.3. The topological polar surface area (TPSA) is 147 Å². The van der Waals surface area contributed by atoms with Crippen molar-refractivity contribution in [3.63, 3.8) is 0 Å². The number of carbonyl (C=O) groups is 2. The van der Waals surface area contributed by atoms with E-state index in [1.807, 2.05) is 119 Å². The van der Waals surface area contributed by atoms with Crippen molar-refractivity contribution in [2.45, 2.75) is 58.5 Å². The maximum Gasteiger partial charge on any atom is 0.313 e. The third-order valence-electron chi connectivity index (χ3n) is 10.3. The molecule has 0 bridgehead atoms. The summed E-state index contributed by atoms with van der Waals surface area (Å²) in [5.74, 6) is -2.16. The summed E-state index contributed by atoms with van der Waals surface area (Å²) < 4.78 is 29.3. The highest BCUT2D eigenvalue weighted by Crippen LogP contribution is 2.37. The average molecular weight is 827 g/mol. The van der Waals surface area contributed by atoms with E-state index < -0.39 is 48.2 Å². The molecule has 5 aromatic rings. The van der Waals surface area contributed by atoms with Crippen LogP contribution in [0.4, 0.5) is 0 Å². The molecule has 11 nitrogen and oxygen atoms in total. The first-order valence-electron chi connectivity index (χ1n) is 20.6. The number of benzene rings is 3. The number of aliphatic hydroxyl groups is 2. The Balaban J connectivity index is 1.05. The summed E-state index contributed by atoms with van der Waals surface area (Å²) in [7, 11) is 0. The largest absolute Gasteiger partial charge is 0.490 e. The molecular formula is C50H54N2O9. The molecule has 6 rings (SSSR count). The molecule has 1 aliphatic rings. The third kappa shape index (κ3) is 11.8. The number of aliphatic hydroxyl groups excluding tert-OH is 2. The molecule has 0 spiro atoms. The summed E-state index contributed by atoms with van der Waals surface area (Å²) in [6, 6.07) is 35.4. The van der Waals surface area contributed by atoms with Crippen molar-refractivity contribution in [3.05, 3.63) is 151 Å². The fourth-order valence-electron chi connectivity index (χ4n) is 6.91. The maximum absolute atomic E-state index is 13.8. The molecule has 0 radical (unpaired) electrons. The number of pyridine rings is 2. The van der Waals surface area contributed by atoms with Crippen LogP contribution >= 0.6 is 0 Å². The first kappa shape index (κ1) is 44.4. The lowest BCUT2D eigenvalue weighted by Gasteiger charge is -2.25. The average Bonchev–Trinajstić information content (AvgIpc) is 3.67. The minimum absolute atomic E-state index is 0.0680. The highest BCUT2D eigenvalue weighted by molar-refractivity contribution is 5.84. The first-order valence-corrected chi connectivity index (χ1v) is 20.6. The van der Waals surface area contributed by atoms with Gasteiger partial charge in [-0.05, 0) is 90.2 Å². The second-order valence-corrected chi connectivity index (χ2v) is 15.8. The molecule has 1 aliphatic heterocycles. The van der Waals surface area contributed by atoms with E-state index in [4.69, 9.17) is 23.7 Å². The van der Waals surface area contributed by atoms with Gasteiger partial charge in [-0.3, -0.25) is 19.6 Å². The van der Waals surface area contributed by atoms with Gasteiger partial charge in [0.2, 0.25) is 0 Å². The second-order valence-electron chi connectivity index (χ2n) is 15.8. The Hall–Kier alpha value is -6.14. The number of hydrogen-bond donors (Lipinski definition) is 2. The van der Waals surface area contributed by atoms with E-state index in [9.17, 15) is 19.8 Å². The smallest absolute Gasteiger partial charge is 0.313 e. The summed E-state index contributed by atoms with van der Waals surface area (Å²) in [6.07, 6.45) is 2.72. The lowest BCUT2D eigenvalue weighted by molar-refractivity contribution is -0.160. The lowest BCUT2D eigenvalue weighted by atomic mass is 9.86. The molecule has 6 unspecified atom stereocenters. The van der Waals surface area contributed by atoms with Gasteiger partial charge in [0.25, 0.3) is 0 Å². The number of ether oxygens (including phenoxy) is 5. The van der Waals surface area contributed by atoms with Crippen molar-refractivity contribution in [2.75, 3.05) is 26.4 Å². The highest BCUT2D eigenvalue weighted by Gasteiger charge is 2.51. The van der Waals surface area contributed by atoms with Crippen LogP contribution in [0.25, 0.3) is 28.6 Å². The molecule has 0 amide bonds. The van der Waals surface area contributed by atoms with Crippen molar-refractivity contribution in [1.82, 2.24) is 9.97 Å². The second kappa shape index (κ2) is 20.9. The molecule has 2 aromatic heterocycles. The number of nitrogens with zero attached hydrogens (tertiary/aromatic N) is 2. The minimum Gasteiger partial charge on any atom is -0.490 e. The molecule has 318 valence electrons. The van der Waals surface area contributed by atoms with E-state index in [0.717, 1.165) is 28.1 Å². The molecule has 2 N–H and O–H groups in total. The van der Waals surface area contributed by atoms with Gasteiger partial charge in [0, 0.05) is 11.1 Å². The molecule has 3 aromatic carbocycles. The zero-order chi connectivity index (χ0) is 43.4. The molecule has 0 aliphatic carbocycles. The van der Waals surface area contributed by atoms with Crippen LogP contribution in [0.5, 0.6) is 11.5 Å². The Bertz CT molecular complexity index is 2240. The summed E-state index contributed by atoms with van der Waals surface area (Å²) in [5.41, 5.74) is 4.95. The lowest BCUT2D eigenvalue weighted by Crippen LogP contribution is -2.37. The Labute approximate surface area is 357 Å². The summed E-state index contributed by atoms with van der Waals surface area (Å²) in [5, 5.41) is 20.9. The van der Waals surface area contributed by atoms with Crippen LogP contribution in [0.3, 0.4) is 0 Å². The van der Waals surface area contributed by atoms with Crippen LogP contribution in [0.15, 0.2) is 134 Å². The number of esters is 2. The summed E-state index contributed by atoms with van der Waals surface area (Å²) in [6.45, 7) is 11.7. The van der Waals surface area contributed by atoms with Crippen molar-refractivity contribution >= 4 is 18.0 Å². The fourth-order valence-corrected chi connectivity index (χ4v) is 6.91. The van der Waals surface area contributed by atoms with E-state index in [1.165, 1.54) is 6.08 Å². The standard InChI is InChI=1S/C50H54N2O9/c1-6-42(53)40-17-11-15-38(51-40)34-20-24-36(25-21-34)58-30-32-60-49(56)46-44(28-19-33-13-9-8-10-14-33)61-43(7-2)45(46)48(55)59-31-29-57-37-26-22-35(23-27-37)39-16-12-18-41(52-39)47(54)50(3,4)5/h7-28,42-47,53-54H,2,6,29-32H2,1,3-5H3/b28-19+. The normalized spacial score (nSPS) is 18.6. The van der Waals surface area contributed by atoms with Crippen LogP contribution < -0.4 is 9.47 Å². The molecule has 6 atom stereocenters. The van der Waals surface area contributed by atoms with Crippen molar-refractivity contribution in [1.29, 1.82) is 0 Å². The van der Waals surface area contributed by atoms with Gasteiger partial charge in [-0.15, -0.1) is 6.58 Å². The fraction of sp³-hybridized carbons (Fsp3) is 0.320. The zero-order valence-electron chi connectivity index (χ0n) is 35.1. The van der Waals surface area contributed by atoms with E-state index in [0.29, 0.717) is 29.3 Å². The predicted octanol–water partition coefficient (Wildman–Crippen LogP) is 8.78. The van der Waals surface area contributed by atoms with E-state index in [2.05, 4.69) is 16.5 Å². The highest BCUT2D eigenvalue weighted by atomic mass is 16.6. The van der Waals surface area contributed by atoms with Gasteiger partial charge in [-0.2, -0.15) is 0 Å². The van der Waals surface area contributed by atoms with Crippen LogP contribution in [-0.4, -0.2) is 70.8 Å². The molecule has 3 heterocycles. The SMILES string of the molecule is C=CC1OC(/C=C/c2ccccc2)C(C(=O)OCCOc2ccc(-c3cccc(C(O)CC)n3)cc2)C1C(=O)OCCOc1ccc(-c2cccc(C(O)C(C)(C)C)n2)cc1. The minimum atomic E-state index is -1.02. The van der Waals surface area contributed by atoms with Crippen LogP contribution in [0.2, 0.25) is 0 Å². The Morgan fingerprint density at radius 2 is 1.20 bits per heavy atom. The first-order chi connectivity index (χ1) is 29.4. The summed E-state index contributed by atoms with van der Waals surface area (Å²) in [4.78, 5) is 36.8. The zero-order valence-corrected chi connectivity index (χ0v) is 35.1. The van der Waals surface area contributed by atoms with Gasteiger partial charge < -0.3 is 33.9 Å². The monoisotopic (exact) mass is 826 g/mol. The van der Waals surface area contributed by atoms with Gasteiger partial charge in [0.1, 0.15) is 55.9 Å². The Morgan fingerprint density at radius 3 is 1.70 bits per heavy atom. The van der Waals surface area contributed by atoms with Gasteiger partial charge in [-0.1, -0.05) is 88.4 Å². The quantitative estimate of drug-likeness (QED) is 0.0497. The molecular weight excluding hydrogens is 773 g/mol. The van der Waals surface area contributed by atoms with Gasteiger partial charge >= 0.3 is 11.9 Å². The molecule has 61 heavy (non-hydrogen) atoms. The van der Waals surface area contributed by atoms with Gasteiger partial charge in [0.05, 0.1) is 41.1 Å². The van der Waals surface area contributed by atoms with Crippen molar-refractivity contribution in [2.24, 2.45) is 17.3 Å². The Kier molecular flexibility index (Phi) is 15.2. The van der Waals surface area contributed by atoms with Crippen LogP contribution in [0, 0.1) is 17.3 Å². The Morgan fingerprint density at radius 1 is 0.689 bits per heavy atom. The number of hydrogen-bond acceptors (Lipinski definition) is 11. The molecule has 11 heteroatoms. The van der Waals surface area contributed by atoms with E-state index in [1.54, 1.807) is 36.4 Å². The number of aromatic nitrogens is 2. The van der Waals surface area contributed by atoms with E-state index >= 15 is 0 Å². The van der Waals surface area contributed by atoms with Gasteiger partial charge in [-0.25, -0.2) is 0 Å². The van der Waals surface area contributed by atoms with Crippen LogP contribution in [0.1, 0.15) is 63.3 Å². The van der Waals surface area contributed by atoms with E-state index in [-0.39, 0.29) is 31.8 Å². The number of carbonyl (C=O) groups excluding carboxylic acids is 2.